The van der Waals surface area contributed by atoms with Crippen LogP contribution in [0.4, 0.5) is 0 Å². The van der Waals surface area contributed by atoms with Crippen molar-refractivity contribution in [1.82, 2.24) is 19.6 Å². The monoisotopic (exact) mass is 364 g/mol. The third-order valence-electron chi connectivity index (χ3n) is 4.57. The van der Waals surface area contributed by atoms with Gasteiger partial charge in [-0.25, -0.2) is 4.72 Å². The van der Waals surface area contributed by atoms with E-state index in [0.717, 1.165) is 47.8 Å². The number of H-pyrrole nitrogens is 1. The molecule has 0 atom stereocenters. The molecule has 0 aliphatic heterocycles. The Balaban J connectivity index is 1.56. The van der Waals surface area contributed by atoms with Gasteiger partial charge in [0.1, 0.15) is 5.69 Å². The lowest BCUT2D eigenvalue weighted by molar-refractivity contribution is 0.376. The molecule has 3 N–H and O–H groups in total. The molecule has 130 valence electrons. The van der Waals surface area contributed by atoms with Gasteiger partial charge in [-0.05, 0) is 32.1 Å². The number of aromatic nitrogens is 2. The Kier molecular flexibility index (Phi) is 6.60. The molecule has 3 rings (SSSR count). The molecule has 1 fully saturated rings. The predicted octanol–water partition coefficient (Wildman–Crippen LogP) is 4.91. The smallest absolute Gasteiger partial charge is 0.111 e. The summed E-state index contributed by atoms with van der Waals surface area (Å²) < 4.78 is 6.84. The van der Waals surface area contributed by atoms with Crippen molar-refractivity contribution in [2.24, 2.45) is 0 Å². The molecule has 0 bridgehead atoms. The molecule has 0 spiro atoms. The zero-order chi connectivity index (χ0) is 16.8. The highest BCUT2D eigenvalue weighted by Gasteiger charge is 2.26. The summed E-state index contributed by atoms with van der Waals surface area (Å²) >= 11 is 8.26. The number of rotatable bonds is 7. The molecule has 1 aromatic heterocycles. The SMILES string of the molecule is CCCNSNC1CCC(c2[nH]nc(-c3ccccc3)c2Cl)CC1. The van der Waals surface area contributed by atoms with E-state index in [1.807, 2.05) is 30.3 Å². The summed E-state index contributed by atoms with van der Waals surface area (Å²) in [7, 11) is 0. The molecule has 1 aromatic carbocycles. The van der Waals surface area contributed by atoms with Crippen molar-refractivity contribution in [2.75, 3.05) is 6.54 Å². The summed E-state index contributed by atoms with van der Waals surface area (Å²) in [5.41, 5.74) is 3.04. The number of aromatic amines is 1. The average molecular weight is 365 g/mol. The van der Waals surface area contributed by atoms with Crippen molar-refractivity contribution in [2.45, 2.75) is 51.0 Å². The Hall–Kier alpha value is -1.01. The van der Waals surface area contributed by atoms with Crippen LogP contribution in [0, 0.1) is 0 Å². The second kappa shape index (κ2) is 8.90. The first-order chi connectivity index (χ1) is 11.8. The Labute approximate surface area is 153 Å². The quantitative estimate of drug-likeness (QED) is 0.482. The standard InChI is InChI=1S/C18H25ClN4S/c1-2-12-20-24-23-15-10-8-14(9-11-15)18-16(19)17(21-22-18)13-6-4-3-5-7-13/h3-7,14-15,20,23H,2,8-12H2,1H3,(H,21,22). The molecular weight excluding hydrogens is 340 g/mol. The summed E-state index contributed by atoms with van der Waals surface area (Å²) in [5.74, 6) is 0.481. The van der Waals surface area contributed by atoms with E-state index in [1.165, 1.54) is 12.8 Å². The van der Waals surface area contributed by atoms with E-state index in [1.54, 1.807) is 12.1 Å². The van der Waals surface area contributed by atoms with Crippen molar-refractivity contribution in [3.63, 3.8) is 0 Å². The van der Waals surface area contributed by atoms with Crippen molar-refractivity contribution in [3.8, 4) is 11.3 Å². The molecule has 0 unspecified atom stereocenters. The first kappa shape index (κ1) is 17.8. The molecule has 4 nitrogen and oxygen atoms in total. The zero-order valence-corrected chi connectivity index (χ0v) is 15.6. The Bertz CT molecular complexity index is 623. The van der Waals surface area contributed by atoms with Crippen LogP contribution in [0.1, 0.15) is 50.6 Å². The highest BCUT2D eigenvalue weighted by Crippen LogP contribution is 2.39. The first-order valence-corrected chi connectivity index (χ1v) is 9.92. The molecule has 2 aromatic rings. The van der Waals surface area contributed by atoms with Crippen LogP contribution in [-0.2, 0) is 0 Å². The molecule has 1 aliphatic carbocycles. The fourth-order valence-corrected chi connectivity index (χ4v) is 4.32. The maximum Gasteiger partial charge on any atom is 0.111 e. The van der Waals surface area contributed by atoms with Gasteiger partial charge in [-0.3, -0.25) is 9.82 Å². The van der Waals surface area contributed by atoms with E-state index in [2.05, 4.69) is 26.6 Å². The molecule has 0 radical (unpaired) electrons. The number of benzene rings is 1. The maximum atomic E-state index is 6.62. The number of hydrogen-bond donors (Lipinski definition) is 3. The van der Waals surface area contributed by atoms with Crippen molar-refractivity contribution >= 4 is 23.7 Å². The topological polar surface area (TPSA) is 52.7 Å². The number of hydrogen-bond acceptors (Lipinski definition) is 4. The van der Waals surface area contributed by atoms with Gasteiger partial charge in [0.05, 0.1) is 10.7 Å². The Morgan fingerprint density at radius 3 is 2.67 bits per heavy atom. The molecule has 24 heavy (non-hydrogen) atoms. The molecule has 1 aliphatic rings. The number of halogens is 1. The van der Waals surface area contributed by atoms with Gasteiger partial charge in [0, 0.05) is 36.2 Å². The van der Waals surface area contributed by atoms with Gasteiger partial charge >= 0.3 is 0 Å². The van der Waals surface area contributed by atoms with Gasteiger partial charge < -0.3 is 0 Å². The number of nitrogens with zero attached hydrogens (tertiary/aromatic N) is 1. The molecule has 6 heteroatoms. The third kappa shape index (κ3) is 4.33. The highest BCUT2D eigenvalue weighted by molar-refractivity contribution is 7.95. The van der Waals surface area contributed by atoms with Crippen LogP contribution in [0.2, 0.25) is 5.02 Å². The normalized spacial score (nSPS) is 21.1. The minimum Gasteiger partial charge on any atom is -0.280 e. The summed E-state index contributed by atoms with van der Waals surface area (Å²) in [6.45, 7) is 3.22. The lowest BCUT2D eigenvalue weighted by atomic mass is 9.84. The van der Waals surface area contributed by atoms with E-state index in [-0.39, 0.29) is 0 Å². The van der Waals surface area contributed by atoms with Gasteiger partial charge in [-0.2, -0.15) is 5.10 Å². The summed E-state index contributed by atoms with van der Waals surface area (Å²) in [6, 6.07) is 10.7. The van der Waals surface area contributed by atoms with E-state index in [9.17, 15) is 0 Å². The summed E-state index contributed by atoms with van der Waals surface area (Å²) in [4.78, 5) is 0. The van der Waals surface area contributed by atoms with Crippen molar-refractivity contribution in [3.05, 3.63) is 41.0 Å². The van der Waals surface area contributed by atoms with Crippen LogP contribution in [0.5, 0.6) is 0 Å². The second-order valence-electron chi connectivity index (χ2n) is 6.33. The summed E-state index contributed by atoms with van der Waals surface area (Å²) in [6.07, 6.45) is 5.77. The van der Waals surface area contributed by atoms with Crippen LogP contribution >= 0.6 is 23.7 Å². The van der Waals surface area contributed by atoms with Gasteiger partial charge in [-0.1, -0.05) is 48.9 Å². The van der Waals surface area contributed by atoms with E-state index >= 15 is 0 Å². The lowest BCUT2D eigenvalue weighted by Crippen LogP contribution is -2.30. The maximum absolute atomic E-state index is 6.62. The Morgan fingerprint density at radius 2 is 1.96 bits per heavy atom. The Morgan fingerprint density at radius 1 is 1.21 bits per heavy atom. The van der Waals surface area contributed by atoms with Crippen molar-refractivity contribution < 1.29 is 0 Å². The fourth-order valence-electron chi connectivity index (χ4n) is 3.18. The van der Waals surface area contributed by atoms with Crippen LogP contribution in [0.25, 0.3) is 11.3 Å². The average Bonchev–Trinajstić information content (AvgIpc) is 3.01. The fraction of sp³-hybridized carbons (Fsp3) is 0.500. The molecule has 1 heterocycles. The van der Waals surface area contributed by atoms with Crippen molar-refractivity contribution in [1.29, 1.82) is 0 Å². The van der Waals surface area contributed by atoms with Crippen LogP contribution < -0.4 is 9.44 Å². The second-order valence-corrected chi connectivity index (χ2v) is 7.44. The minimum atomic E-state index is 0.481. The van der Waals surface area contributed by atoms with Gasteiger partial charge in [0.25, 0.3) is 0 Å². The largest absolute Gasteiger partial charge is 0.280 e. The predicted molar refractivity (Wildman–Crippen MR) is 103 cm³/mol. The van der Waals surface area contributed by atoms with E-state index < -0.39 is 0 Å². The summed E-state index contributed by atoms with van der Waals surface area (Å²) in [5, 5.41) is 8.45. The van der Waals surface area contributed by atoms with Gasteiger partial charge in [-0.15, -0.1) is 0 Å². The first-order valence-electron chi connectivity index (χ1n) is 8.73. The molecule has 1 saturated carbocycles. The van der Waals surface area contributed by atoms with Crippen LogP contribution in [0.3, 0.4) is 0 Å². The van der Waals surface area contributed by atoms with E-state index in [0.29, 0.717) is 12.0 Å². The minimum absolute atomic E-state index is 0.481. The van der Waals surface area contributed by atoms with Crippen LogP contribution in [-0.4, -0.2) is 22.8 Å². The van der Waals surface area contributed by atoms with Crippen LogP contribution in [0.15, 0.2) is 30.3 Å². The van der Waals surface area contributed by atoms with E-state index in [4.69, 9.17) is 11.6 Å². The van der Waals surface area contributed by atoms with Gasteiger partial charge in [0.15, 0.2) is 0 Å². The zero-order valence-electron chi connectivity index (χ0n) is 14.0. The van der Waals surface area contributed by atoms with Gasteiger partial charge in [0.2, 0.25) is 0 Å². The molecular formula is C18H25ClN4S. The highest BCUT2D eigenvalue weighted by atomic mass is 35.5. The third-order valence-corrected chi connectivity index (χ3v) is 5.75. The molecule has 0 amide bonds. The lowest BCUT2D eigenvalue weighted by Gasteiger charge is -2.28. The number of nitrogens with one attached hydrogen (secondary N) is 3. The molecule has 0 saturated heterocycles.